The summed E-state index contributed by atoms with van der Waals surface area (Å²) in [4.78, 5) is 0. The molecule has 0 saturated heterocycles. The number of ether oxygens (including phenoxy) is 1. The summed E-state index contributed by atoms with van der Waals surface area (Å²) in [5.41, 5.74) is 1.04. The maximum Gasteiger partial charge on any atom is 0.127 e. The Morgan fingerprint density at radius 3 is 2.53 bits per heavy atom. The number of halogens is 1. The van der Waals surface area contributed by atoms with E-state index in [4.69, 9.17) is 4.74 Å². The Morgan fingerprint density at radius 1 is 1.21 bits per heavy atom. The van der Waals surface area contributed by atoms with Crippen LogP contribution in [0, 0.1) is 5.82 Å². The molecule has 1 atom stereocenters. The van der Waals surface area contributed by atoms with Crippen LogP contribution in [0.25, 0.3) is 0 Å². The summed E-state index contributed by atoms with van der Waals surface area (Å²) in [6.45, 7) is 2.06. The monoisotopic (exact) mass is 265 g/mol. The summed E-state index contributed by atoms with van der Waals surface area (Å²) in [6.07, 6.45) is 7.44. The van der Waals surface area contributed by atoms with E-state index in [0.717, 1.165) is 18.4 Å². The molecule has 1 aliphatic rings. The zero-order valence-electron chi connectivity index (χ0n) is 11.9. The molecule has 3 heteroatoms. The van der Waals surface area contributed by atoms with E-state index in [1.165, 1.54) is 37.8 Å². The van der Waals surface area contributed by atoms with Crippen molar-refractivity contribution in [3.05, 3.63) is 29.6 Å². The normalized spacial score (nSPS) is 18.9. The van der Waals surface area contributed by atoms with Gasteiger partial charge in [-0.3, -0.25) is 0 Å². The van der Waals surface area contributed by atoms with E-state index in [2.05, 4.69) is 12.2 Å². The van der Waals surface area contributed by atoms with E-state index in [1.807, 2.05) is 13.1 Å². The van der Waals surface area contributed by atoms with Gasteiger partial charge in [-0.2, -0.15) is 0 Å². The number of hydrogen-bond acceptors (Lipinski definition) is 2. The fourth-order valence-electron chi connectivity index (χ4n) is 2.66. The van der Waals surface area contributed by atoms with Crippen LogP contribution in [0.2, 0.25) is 0 Å². The first kappa shape index (κ1) is 14.3. The van der Waals surface area contributed by atoms with Gasteiger partial charge in [0.25, 0.3) is 0 Å². The highest BCUT2D eigenvalue weighted by atomic mass is 19.1. The molecule has 1 saturated carbocycles. The Hall–Kier alpha value is -1.09. The highest BCUT2D eigenvalue weighted by Crippen LogP contribution is 2.29. The van der Waals surface area contributed by atoms with Gasteiger partial charge >= 0.3 is 0 Å². The molecule has 0 spiro atoms. The van der Waals surface area contributed by atoms with Crippen molar-refractivity contribution in [2.45, 2.75) is 57.6 Å². The summed E-state index contributed by atoms with van der Waals surface area (Å²) in [5, 5.41) is 3.19. The van der Waals surface area contributed by atoms with Crippen LogP contribution in [-0.4, -0.2) is 13.2 Å². The van der Waals surface area contributed by atoms with E-state index in [1.54, 1.807) is 0 Å². The largest absolute Gasteiger partial charge is 0.490 e. The summed E-state index contributed by atoms with van der Waals surface area (Å²) in [6, 6.07) is 5.01. The van der Waals surface area contributed by atoms with Gasteiger partial charge in [-0.1, -0.05) is 18.9 Å². The van der Waals surface area contributed by atoms with E-state index >= 15 is 0 Å². The lowest BCUT2D eigenvalue weighted by Crippen LogP contribution is -2.19. The predicted molar refractivity (Wildman–Crippen MR) is 76.0 cm³/mol. The lowest BCUT2D eigenvalue weighted by Gasteiger charge is -2.22. The topological polar surface area (TPSA) is 21.3 Å². The van der Waals surface area contributed by atoms with Crippen LogP contribution in [0.1, 0.15) is 57.1 Å². The fraction of sp³-hybridized carbons (Fsp3) is 0.625. The molecule has 2 nitrogen and oxygen atoms in total. The first-order valence-corrected chi connectivity index (χ1v) is 7.34. The molecule has 1 fully saturated rings. The molecule has 19 heavy (non-hydrogen) atoms. The second-order valence-corrected chi connectivity index (χ2v) is 5.42. The number of rotatable bonds is 4. The average Bonchev–Trinajstić information content (AvgIpc) is 2.67. The van der Waals surface area contributed by atoms with Gasteiger partial charge in [0.05, 0.1) is 6.10 Å². The predicted octanol–water partition coefficient (Wildman–Crippen LogP) is 4.21. The zero-order chi connectivity index (χ0) is 13.7. The Kier molecular flexibility index (Phi) is 5.20. The number of benzene rings is 1. The van der Waals surface area contributed by atoms with E-state index in [-0.39, 0.29) is 18.0 Å². The van der Waals surface area contributed by atoms with Crippen molar-refractivity contribution < 1.29 is 9.13 Å². The van der Waals surface area contributed by atoms with Crippen molar-refractivity contribution in [2.75, 3.05) is 7.05 Å². The lowest BCUT2D eigenvalue weighted by atomic mass is 10.1. The van der Waals surface area contributed by atoms with Gasteiger partial charge < -0.3 is 10.1 Å². The van der Waals surface area contributed by atoms with E-state index < -0.39 is 0 Å². The second kappa shape index (κ2) is 6.90. The van der Waals surface area contributed by atoms with E-state index in [9.17, 15) is 4.39 Å². The number of hydrogen-bond donors (Lipinski definition) is 1. The third-order valence-electron chi connectivity index (χ3n) is 3.97. The van der Waals surface area contributed by atoms with Crippen molar-refractivity contribution in [1.82, 2.24) is 5.32 Å². The first-order chi connectivity index (χ1) is 9.20. The quantitative estimate of drug-likeness (QED) is 0.823. The zero-order valence-corrected chi connectivity index (χ0v) is 11.9. The van der Waals surface area contributed by atoms with Gasteiger partial charge in [0.2, 0.25) is 0 Å². The lowest BCUT2D eigenvalue weighted by molar-refractivity contribution is 0.180. The molecule has 1 N–H and O–H groups in total. The Balaban J connectivity index is 2.14. The molecular weight excluding hydrogens is 241 g/mol. The molecule has 106 valence electrons. The molecule has 1 aromatic rings. The number of nitrogens with one attached hydrogen (secondary N) is 1. The van der Waals surface area contributed by atoms with Gasteiger partial charge in [0, 0.05) is 17.7 Å². The third kappa shape index (κ3) is 3.93. The molecular formula is C16H24FNO. The molecule has 0 radical (unpaired) electrons. The minimum Gasteiger partial charge on any atom is -0.490 e. The highest BCUT2D eigenvalue weighted by molar-refractivity contribution is 5.36. The first-order valence-electron chi connectivity index (χ1n) is 7.34. The Labute approximate surface area is 115 Å². The maximum absolute atomic E-state index is 13.4. The Bertz CT molecular complexity index is 400. The van der Waals surface area contributed by atoms with Crippen LogP contribution in [-0.2, 0) is 0 Å². The summed E-state index contributed by atoms with van der Waals surface area (Å²) >= 11 is 0. The molecule has 1 aromatic carbocycles. The Morgan fingerprint density at radius 2 is 1.89 bits per heavy atom. The standard InChI is InChI=1S/C16H24FNO/c1-12(18-2)15-10-9-13(17)11-16(15)19-14-7-5-3-4-6-8-14/h9-12,14,18H,3-8H2,1-2H3. The minimum atomic E-state index is -0.226. The summed E-state index contributed by atoms with van der Waals surface area (Å²) < 4.78 is 19.5. The second-order valence-electron chi connectivity index (χ2n) is 5.42. The highest BCUT2D eigenvalue weighted by Gasteiger charge is 2.17. The average molecular weight is 265 g/mol. The van der Waals surface area contributed by atoms with Gasteiger partial charge in [-0.15, -0.1) is 0 Å². The van der Waals surface area contributed by atoms with Crippen LogP contribution in [0.3, 0.4) is 0 Å². The van der Waals surface area contributed by atoms with Crippen molar-refractivity contribution >= 4 is 0 Å². The smallest absolute Gasteiger partial charge is 0.127 e. The van der Waals surface area contributed by atoms with Crippen LogP contribution < -0.4 is 10.1 Å². The molecule has 0 bridgehead atoms. The molecule has 0 heterocycles. The third-order valence-corrected chi connectivity index (χ3v) is 3.97. The molecule has 0 aliphatic heterocycles. The van der Waals surface area contributed by atoms with Crippen molar-refractivity contribution in [3.63, 3.8) is 0 Å². The molecule has 2 rings (SSSR count). The molecule has 1 unspecified atom stereocenters. The van der Waals surface area contributed by atoms with Crippen LogP contribution in [0.15, 0.2) is 18.2 Å². The molecule has 1 aliphatic carbocycles. The van der Waals surface area contributed by atoms with Crippen molar-refractivity contribution in [1.29, 1.82) is 0 Å². The maximum atomic E-state index is 13.4. The molecule has 0 aromatic heterocycles. The van der Waals surface area contributed by atoms with Gasteiger partial charge in [-0.25, -0.2) is 4.39 Å². The van der Waals surface area contributed by atoms with Crippen LogP contribution >= 0.6 is 0 Å². The van der Waals surface area contributed by atoms with Crippen LogP contribution in [0.5, 0.6) is 5.75 Å². The van der Waals surface area contributed by atoms with Gasteiger partial charge in [-0.05, 0) is 45.7 Å². The van der Waals surface area contributed by atoms with Gasteiger partial charge in [0.15, 0.2) is 0 Å². The fourth-order valence-corrected chi connectivity index (χ4v) is 2.66. The summed E-state index contributed by atoms with van der Waals surface area (Å²) in [7, 11) is 1.91. The SMILES string of the molecule is CNC(C)c1ccc(F)cc1OC1CCCCCC1. The van der Waals surface area contributed by atoms with Crippen LogP contribution in [0.4, 0.5) is 4.39 Å². The summed E-state index contributed by atoms with van der Waals surface area (Å²) in [5.74, 6) is 0.476. The molecule has 0 amide bonds. The van der Waals surface area contributed by atoms with Gasteiger partial charge in [0.1, 0.15) is 11.6 Å². The van der Waals surface area contributed by atoms with E-state index in [0.29, 0.717) is 5.75 Å². The minimum absolute atomic E-state index is 0.168. The van der Waals surface area contributed by atoms with Crippen molar-refractivity contribution in [2.24, 2.45) is 0 Å². The van der Waals surface area contributed by atoms with Crippen molar-refractivity contribution in [3.8, 4) is 5.75 Å².